The van der Waals surface area contributed by atoms with Crippen molar-refractivity contribution < 1.29 is 34.4 Å². The number of hydrogen-bond donors (Lipinski definition) is 4. The number of nitrogens with one attached hydrogen (secondary N) is 1. The van der Waals surface area contributed by atoms with Crippen molar-refractivity contribution in [3.63, 3.8) is 0 Å². The van der Waals surface area contributed by atoms with Gasteiger partial charge in [0.05, 0.1) is 11.1 Å². The molecule has 0 fully saturated rings. The van der Waals surface area contributed by atoms with Gasteiger partial charge in [0.1, 0.15) is 34.0 Å². The van der Waals surface area contributed by atoms with Crippen LogP contribution in [0.4, 0.5) is 0 Å². The summed E-state index contributed by atoms with van der Waals surface area (Å²) in [5, 5.41) is 32.9. The molecule has 1 heterocycles. The Morgan fingerprint density at radius 1 is 1.21 bits per heavy atom. The third-order valence-corrected chi connectivity index (χ3v) is 5.48. The SMILES string of the molecule is CC(=O)c1c(O)c(C)c(O)c2c1OC1=CC(=O)/C(=C(/C)NCCCO)C(=O)C12C. The summed E-state index contributed by atoms with van der Waals surface area (Å²) in [6, 6.07) is 0. The molecule has 3 rings (SSSR count). The fourth-order valence-corrected chi connectivity index (χ4v) is 3.81. The number of hydrogen-bond acceptors (Lipinski definition) is 8. The van der Waals surface area contributed by atoms with Crippen LogP contribution < -0.4 is 10.1 Å². The molecule has 1 atom stereocenters. The molecule has 2 aliphatic rings. The number of ether oxygens (including phenoxy) is 1. The number of benzene rings is 1. The third-order valence-electron chi connectivity index (χ3n) is 5.48. The lowest BCUT2D eigenvalue weighted by Gasteiger charge is -2.29. The number of carbonyl (C=O) groups excluding carboxylic acids is 3. The van der Waals surface area contributed by atoms with Crippen molar-refractivity contribution in [1.82, 2.24) is 5.32 Å². The molecule has 0 saturated heterocycles. The van der Waals surface area contributed by atoms with Crippen LogP contribution in [0.25, 0.3) is 0 Å². The Hall–Kier alpha value is -3.13. The van der Waals surface area contributed by atoms with Gasteiger partial charge in [0.15, 0.2) is 17.3 Å². The molecule has 0 bridgehead atoms. The van der Waals surface area contributed by atoms with Crippen LogP contribution >= 0.6 is 0 Å². The molecule has 1 aliphatic heterocycles. The van der Waals surface area contributed by atoms with Gasteiger partial charge in [-0.15, -0.1) is 0 Å². The molecule has 0 radical (unpaired) electrons. The minimum Gasteiger partial charge on any atom is -0.507 e. The summed E-state index contributed by atoms with van der Waals surface area (Å²) in [5.74, 6) is -2.54. The number of phenols is 2. The first-order valence-electron chi connectivity index (χ1n) is 9.21. The molecule has 8 heteroatoms. The average Bonchev–Trinajstić information content (AvgIpc) is 2.93. The highest BCUT2D eigenvalue weighted by Gasteiger charge is 2.56. The van der Waals surface area contributed by atoms with Crippen LogP contribution in [0.1, 0.15) is 48.7 Å². The second kappa shape index (κ2) is 7.04. The Morgan fingerprint density at radius 3 is 2.45 bits per heavy atom. The lowest BCUT2D eigenvalue weighted by atomic mass is 9.70. The zero-order chi connectivity index (χ0) is 21.7. The minimum atomic E-state index is -1.52. The van der Waals surface area contributed by atoms with Crippen LogP contribution in [-0.2, 0) is 15.0 Å². The van der Waals surface area contributed by atoms with Crippen LogP contribution in [0.2, 0.25) is 0 Å². The number of carbonyl (C=O) groups is 3. The van der Waals surface area contributed by atoms with Gasteiger partial charge in [-0.2, -0.15) is 0 Å². The number of allylic oxidation sites excluding steroid dienone is 4. The summed E-state index contributed by atoms with van der Waals surface area (Å²) in [5.41, 5.74) is -1.29. The molecule has 0 saturated carbocycles. The number of aromatic hydroxyl groups is 2. The Balaban J connectivity index is 2.25. The van der Waals surface area contributed by atoms with Crippen molar-refractivity contribution in [3.8, 4) is 17.2 Å². The zero-order valence-electron chi connectivity index (χ0n) is 16.7. The number of phenolic OH excluding ortho intramolecular Hbond substituents is 2. The van der Waals surface area contributed by atoms with Crippen molar-refractivity contribution in [1.29, 1.82) is 0 Å². The second-order valence-corrected chi connectivity index (χ2v) is 7.39. The molecule has 29 heavy (non-hydrogen) atoms. The molecule has 0 amide bonds. The number of aliphatic hydroxyl groups is 1. The van der Waals surface area contributed by atoms with E-state index in [0.717, 1.165) is 0 Å². The van der Waals surface area contributed by atoms with Crippen molar-refractivity contribution in [2.75, 3.05) is 13.2 Å². The van der Waals surface area contributed by atoms with E-state index in [1.54, 1.807) is 6.92 Å². The number of aliphatic hydroxyl groups excluding tert-OH is 1. The maximum absolute atomic E-state index is 13.5. The van der Waals surface area contributed by atoms with E-state index in [-0.39, 0.29) is 46.1 Å². The normalized spacial score (nSPS) is 21.9. The molecule has 1 aliphatic carbocycles. The van der Waals surface area contributed by atoms with Gasteiger partial charge in [-0.25, -0.2) is 0 Å². The maximum atomic E-state index is 13.5. The molecular weight excluding hydrogens is 378 g/mol. The first-order chi connectivity index (χ1) is 13.6. The second-order valence-electron chi connectivity index (χ2n) is 7.39. The molecule has 1 aromatic rings. The van der Waals surface area contributed by atoms with Gasteiger partial charge in [0, 0.05) is 30.5 Å². The van der Waals surface area contributed by atoms with E-state index in [1.165, 1.54) is 26.8 Å². The van der Waals surface area contributed by atoms with Gasteiger partial charge in [-0.05, 0) is 34.1 Å². The smallest absolute Gasteiger partial charge is 0.194 e. The Bertz CT molecular complexity index is 1020. The van der Waals surface area contributed by atoms with Gasteiger partial charge in [-0.3, -0.25) is 14.4 Å². The predicted octanol–water partition coefficient (Wildman–Crippen LogP) is 1.54. The van der Waals surface area contributed by atoms with E-state index in [0.29, 0.717) is 18.7 Å². The first-order valence-corrected chi connectivity index (χ1v) is 9.21. The third kappa shape index (κ3) is 2.82. The summed E-state index contributed by atoms with van der Waals surface area (Å²) in [7, 11) is 0. The highest BCUT2D eigenvalue weighted by Crippen LogP contribution is 2.57. The van der Waals surface area contributed by atoms with Crippen LogP contribution in [0, 0.1) is 6.92 Å². The quantitative estimate of drug-likeness (QED) is 0.253. The van der Waals surface area contributed by atoms with Crippen LogP contribution in [0.15, 0.2) is 23.1 Å². The summed E-state index contributed by atoms with van der Waals surface area (Å²) in [4.78, 5) is 38.2. The van der Waals surface area contributed by atoms with Crippen LogP contribution in [0.3, 0.4) is 0 Å². The summed E-state index contributed by atoms with van der Waals surface area (Å²) >= 11 is 0. The lowest BCUT2D eigenvalue weighted by Crippen LogP contribution is -2.41. The van der Waals surface area contributed by atoms with Crippen LogP contribution in [0.5, 0.6) is 17.2 Å². The Kier molecular flexibility index (Phi) is 5.00. The van der Waals surface area contributed by atoms with Crippen molar-refractivity contribution in [2.45, 2.75) is 39.5 Å². The van der Waals surface area contributed by atoms with E-state index in [4.69, 9.17) is 9.84 Å². The highest BCUT2D eigenvalue weighted by atomic mass is 16.5. The summed E-state index contributed by atoms with van der Waals surface area (Å²) in [6.45, 7) is 6.11. The topological polar surface area (TPSA) is 133 Å². The summed E-state index contributed by atoms with van der Waals surface area (Å²) in [6.07, 6.45) is 1.61. The van der Waals surface area contributed by atoms with Gasteiger partial charge in [-0.1, -0.05) is 0 Å². The Labute approximate surface area is 167 Å². The largest absolute Gasteiger partial charge is 0.507 e. The van der Waals surface area contributed by atoms with Gasteiger partial charge in [0.25, 0.3) is 0 Å². The standard InChI is InChI=1S/C21H23NO7/c1-9-17(26)15(11(3)24)19-16(18(9)27)21(4)13(29-19)8-12(25)14(20(21)28)10(2)22-6-5-7-23/h8,22-23,26-27H,5-7H2,1-4H3/b14-10+. The molecule has 8 nitrogen and oxygen atoms in total. The van der Waals surface area contributed by atoms with E-state index >= 15 is 0 Å². The van der Waals surface area contributed by atoms with Gasteiger partial charge >= 0.3 is 0 Å². The minimum absolute atomic E-state index is 0.00259. The zero-order valence-corrected chi connectivity index (χ0v) is 16.7. The van der Waals surface area contributed by atoms with E-state index < -0.39 is 28.5 Å². The fraction of sp³-hybridized carbons (Fsp3) is 0.381. The van der Waals surface area contributed by atoms with E-state index in [1.807, 2.05) is 0 Å². The van der Waals surface area contributed by atoms with Gasteiger partial charge < -0.3 is 25.4 Å². The van der Waals surface area contributed by atoms with Crippen molar-refractivity contribution in [3.05, 3.63) is 39.8 Å². The van der Waals surface area contributed by atoms with Crippen LogP contribution in [-0.4, -0.2) is 45.8 Å². The monoisotopic (exact) mass is 401 g/mol. The molecule has 0 aromatic heterocycles. The van der Waals surface area contributed by atoms with Crippen molar-refractivity contribution in [2.24, 2.45) is 0 Å². The van der Waals surface area contributed by atoms with E-state index in [2.05, 4.69) is 5.32 Å². The highest BCUT2D eigenvalue weighted by molar-refractivity contribution is 6.31. The molecular formula is C21H23NO7. The number of rotatable bonds is 5. The summed E-state index contributed by atoms with van der Waals surface area (Å²) < 4.78 is 5.69. The fourth-order valence-electron chi connectivity index (χ4n) is 3.81. The number of Topliss-reactive ketones (excluding diaryl/α,β-unsaturated/α-hetero) is 2. The molecule has 1 unspecified atom stereocenters. The predicted molar refractivity (Wildman–Crippen MR) is 103 cm³/mol. The van der Waals surface area contributed by atoms with Crippen molar-refractivity contribution >= 4 is 17.3 Å². The lowest BCUT2D eigenvalue weighted by molar-refractivity contribution is -0.123. The average molecular weight is 401 g/mol. The molecule has 1 aromatic carbocycles. The molecule has 0 spiro atoms. The molecule has 154 valence electrons. The first kappa shape index (κ1) is 20.6. The number of ketones is 3. The van der Waals surface area contributed by atoms with E-state index in [9.17, 15) is 24.6 Å². The number of fused-ring (bicyclic) bond motifs is 3. The Morgan fingerprint density at radius 2 is 1.86 bits per heavy atom. The molecule has 4 N–H and O–H groups in total. The maximum Gasteiger partial charge on any atom is 0.194 e. The van der Waals surface area contributed by atoms with Gasteiger partial charge in [0.2, 0.25) is 0 Å².